The van der Waals surface area contributed by atoms with E-state index < -0.39 is 0 Å². The summed E-state index contributed by atoms with van der Waals surface area (Å²) in [5.41, 5.74) is 2.76. The lowest BCUT2D eigenvalue weighted by Gasteiger charge is -2.54. The van der Waals surface area contributed by atoms with Crippen molar-refractivity contribution in [2.75, 3.05) is 26.7 Å². The molecule has 3 saturated heterocycles. The summed E-state index contributed by atoms with van der Waals surface area (Å²) < 4.78 is 6.56. The highest BCUT2D eigenvalue weighted by Crippen LogP contribution is 2.45. The molecule has 7 heteroatoms. The molecule has 1 amide bonds. The van der Waals surface area contributed by atoms with Crippen LogP contribution in [0, 0.1) is 11.8 Å². The van der Waals surface area contributed by atoms with Crippen molar-refractivity contribution < 1.29 is 9.53 Å². The first kappa shape index (κ1) is 22.5. The van der Waals surface area contributed by atoms with Crippen LogP contribution in [0.3, 0.4) is 0 Å². The molecule has 4 heterocycles. The highest BCUT2D eigenvalue weighted by atomic mass is 16.5. The van der Waals surface area contributed by atoms with Crippen molar-refractivity contribution in [2.24, 2.45) is 11.8 Å². The molecule has 2 bridgehead atoms. The van der Waals surface area contributed by atoms with Crippen molar-refractivity contribution in [2.45, 2.75) is 57.2 Å². The van der Waals surface area contributed by atoms with Gasteiger partial charge in [0.05, 0.1) is 18.8 Å². The third-order valence-electron chi connectivity index (χ3n) is 8.51. The number of fused-ring (bicyclic) bond motifs is 6. The Kier molecular flexibility index (Phi) is 5.96. The molecule has 1 aliphatic carbocycles. The zero-order valence-corrected chi connectivity index (χ0v) is 20.4. The van der Waals surface area contributed by atoms with Gasteiger partial charge in [-0.05, 0) is 80.8 Å². The summed E-state index contributed by atoms with van der Waals surface area (Å²) in [6.07, 6.45) is 9.75. The quantitative estimate of drug-likeness (QED) is 0.636. The number of methoxy groups -OCH3 is 1. The van der Waals surface area contributed by atoms with Crippen LogP contribution in [0.25, 0.3) is 11.3 Å². The third-order valence-corrected chi connectivity index (χ3v) is 8.51. The summed E-state index contributed by atoms with van der Waals surface area (Å²) in [5, 5.41) is 4.55. The van der Waals surface area contributed by atoms with Crippen LogP contribution in [0.15, 0.2) is 52.8 Å². The predicted molar refractivity (Wildman–Crippen MR) is 134 cm³/mol. The second-order valence-electron chi connectivity index (χ2n) is 10.5. The van der Waals surface area contributed by atoms with E-state index in [0.717, 1.165) is 37.2 Å². The number of rotatable bonds is 4. The van der Waals surface area contributed by atoms with Crippen molar-refractivity contribution in [3.63, 3.8) is 0 Å². The van der Waals surface area contributed by atoms with Crippen LogP contribution in [0.1, 0.15) is 38.5 Å². The maximum Gasteiger partial charge on any atom is 0.267 e. The van der Waals surface area contributed by atoms with Gasteiger partial charge < -0.3 is 9.64 Å². The van der Waals surface area contributed by atoms with Crippen LogP contribution in [0.4, 0.5) is 0 Å². The van der Waals surface area contributed by atoms with Crippen molar-refractivity contribution >= 4 is 5.91 Å². The average molecular weight is 475 g/mol. The molecule has 3 fully saturated rings. The second kappa shape index (κ2) is 9.26. The zero-order valence-electron chi connectivity index (χ0n) is 20.4. The summed E-state index contributed by atoms with van der Waals surface area (Å²) in [6, 6.07) is 11.7. The third kappa shape index (κ3) is 4.20. The molecule has 0 spiro atoms. The van der Waals surface area contributed by atoms with Crippen molar-refractivity contribution in [1.82, 2.24) is 19.6 Å². The molecule has 3 aliphatic heterocycles. The first-order valence-corrected chi connectivity index (χ1v) is 13.1. The molecule has 0 N–H and O–H groups in total. The number of piperidine rings is 3. The van der Waals surface area contributed by atoms with E-state index >= 15 is 0 Å². The van der Waals surface area contributed by atoms with E-state index in [-0.39, 0.29) is 24.1 Å². The van der Waals surface area contributed by atoms with E-state index in [2.05, 4.69) is 21.0 Å². The molecule has 184 valence electrons. The number of nitrogens with zero attached hydrogens (tertiary/aromatic N) is 4. The molecule has 0 radical (unpaired) electrons. The Balaban J connectivity index is 1.24. The number of amides is 1. The number of ether oxygens (including phenoxy) is 1. The predicted octanol–water partition coefficient (Wildman–Crippen LogP) is 3.34. The van der Waals surface area contributed by atoms with Gasteiger partial charge in [-0.3, -0.25) is 14.5 Å². The van der Waals surface area contributed by atoms with Gasteiger partial charge in [-0.2, -0.15) is 5.10 Å². The number of hydrogen-bond acceptors (Lipinski definition) is 5. The smallest absolute Gasteiger partial charge is 0.267 e. The standard InChI is InChI=1S/C28H34N4O3/c1-35-23-9-7-19(8-10-23)24-11-12-26(33)32(29-24)18-27(34)31-14-4-5-20-15-21-16-22(28(20)31)17-30-13-3-2-6-25(21)30/h7-12,15,21-22,25,28H,2-6,13-14,16-18H2,1H3/t21-,22-,25+,28+/m0/s1. The molecule has 4 atom stereocenters. The molecule has 7 nitrogen and oxygen atoms in total. The van der Waals surface area contributed by atoms with Crippen LogP contribution in [-0.4, -0.2) is 64.3 Å². The van der Waals surface area contributed by atoms with Crippen LogP contribution >= 0.6 is 0 Å². The van der Waals surface area contributed by atoms with Crippen molar-refractivity contribution in [3.05, 3.63) is 58.4 Å². The Bertz CT molecular complexity index is 1190. The Hall–Kier alpha value is -2.93. The second-order valence-corrected chi connectivity index (χ2v) is 10.5. The molecule has 1 aromatic carbocycles. The van der Waals surface area contributed by atoms with E-state index in [9.17, 15) is 9.59 Å². The molecule has 2 aromatic rings. The van der Waals surface area contributed by atoms with E-state index in [1.165, 1.54) is 48.5 Å². The minimum absolute atomic E-state index is 0.00120. The topological polar surface area (TPSA) is 67.7 Å². The first-order chi connectivity index (χ1) is 17.1. The monoisotopic (exact) mass is 474 g/mol. The Morgan fingerprint density at radius 1 is 1.09 bits per heavy atom. The fourth-order valence-electron chi connectivity index (χ4n) is 6.95. The maximum atomic E-state index is 13.6. The summed E-state index contributed by atoms with van der Waals surface area (Å²) in [7, 11) is 1.63. The summed E-state index contributed by atoms with van der Waals surface area (Å²) in [5.74, 6) is 1.90. The number of hydrogen-bond donors (Lipinski definition) is 0. The van der Waals surface area contributed by atoms with Gasteiger partial charge in [-0.1, -0.05) is 18.1 Å². The number of aromatic nitrogens is 2. The van der Waals surface area contributed by atoms with Gasteiger partial charge in [0.15, 0.2) is 0 Å². The minimum Gasteiger partial charge on any atom is -0.497 e. The molecule has 4 aliphatic rings. The SMILES string of the molecule is COc1ccc(-c2ccc(=O)n(CC(=O)N3CCCC4=C[C@H]5C[C@@H](CN6CCCC[C@H]56)[C@@H]43)n2)cc1. The van der Waals surface area contributed by atoms with Gasteiger partial charge in [0, 0.05) is 30.8 Å². The van der Waals surface area contributed by atoms with Crippen LogP contribution in [-0.2, 0) is 11.3 Å². The molecular formula is C28H34N4O3. The fraction of sp³-hybridized carbons (Fsp3) is 0.536. The number of carbonyl (C=O) groups is 1. The highest BCUT2D eigenvalue weighted by Gasteiger charge is 2.46. The largest absolute Gasteiger partial charge is 0.497 e. The lowest BCUT2D eigenvalue weighted by molar-refractivity contribution is -0.137. The van der Waals surface area contributed by atoms with E-state index in [0.29, 0.717) is 23.6 Å². The first-order valence-electron chi connectivity index (χ1n) is 13.1. The van der Waals surface area contributed by atoms with Crippen LogP contribution in [0.2, 0.25) is 0 Å². The minimum atomic E-state index is -0.249. The van der Waals surface area contributed by atoms with E-state index in [4.69, 9.17) is 4.74 Å². The highest BCUT2D eigenvalue weighted by molar-refractivity contribution is 5.77. The Morgan fingerprint density at radius 3 is 2.77 bits per heavy atom. The molecule has 1 aromatic heterocycles. The Morgan fingerprint density at radius 2 is 1.94 bits per heavy atom. The van der Waals surface area contributed by atoms with Crippen LogP contribution in [0.5, 0.6) is 5.75 Å². The molecule has 0 unspecified atom stereocenters. The summed E-state index contributed by atoms with van der Waals surface area (Å²) >= 11 is 0. The lowest BCUT2D eigenvalue weighted by Crippen LogP contribution is -2.60. The Labute approximate surface area is 206 Å². The van der Waals surface area contributed by atoms with Gasteiger partial charge in [0.25, 0.3) is 5.56 Å². The van der Waals surface area contributed by atoms with Gasteiger partial charge in [0.2, 0.25) is 5.91 Å². The van der Waals surface area contributed by atoms with Crippen LogP contribution < -0.4 is 10.3 Å². The zero-order chi connectivity index (χ0) is 23.9. The molecule has 6 rings (SSSR count). The molecule has 35 heavy (non-hydrogen) atoms. The van der Waals surface area contributed by atoms with Crippen molar-refractivity contribution in [3.8, 4) is 17.0 Å². The summed E-state index contributed by atoms with van der Waals surface area (Å²) in [6.45, 7) is 3.03. The van der Waals surface area contributed by atoms with Gasteiger partial charge in [-0.25, -0.2) is 4.68 Å². The number of likely N-dealkylation sites (tertiary alicyclic amines) is 1. The van der Waals surface area contributed by atoms with E-state index in [1.807, 2.05) is 24.3 Å². The fourth-order valence-corrected chi connectivity index (χ4v) is 6.95. The lowest BCUT2D eigenvalue weighted by atomic mass is 9.68. The maximum absolute atomic E-state index is 13.6. The van der Waals surface area contributed by atoms with Gasteiger partial charge >= 0.3 is 0 Å². The van der Waals surface area contributed by atoms with E-state index in [1.54, 1.807) is 13.2 Å². The molecule has 0 saturated carbocycles. The molecular weight excluding hydrogens is 440 g/mol. The number of carbonyl (C=O) groups excluding carboxylic acids is 1. The van der Waals surface area contributed by atoms with Crippen molar-refractivity contribution in [1.29, 1.82) is 0 Å². The summed E-state index contributed by atoms with van der Waals surface area (Å²) in [4.78, 5) is 31.0. The van der Waals surface area contributed by atoms with Gasteiger partial charge in [0.1, 0.15) is 12.3 Å². The van der Waals surface area contributed by atoms with Gasteiger partial charge in [-0.15, -0.1) is 0 Å². The average Bonchev–Trinajstić information content (AvgIpc) is 2.89. The normalized spacial score (nSPS) is 28.0. The number of benzene rings is 1.